The first-order valence-electron chi connectivity index (χ1n) is 3.20. The highest BCUT2D eigenvalue weighted by Gasteiger charge is 2.14. The van der Waals surface area contributed by atoms with Crippen LogP contribution in [0.4, 0.5) is 0 Å². The van der Waals surface area contributed by atoms with Gasteiger partial charge in [0.2, 0.25) is 6.41 Å². The molecule has 3 nitrogen and oxygen atoms in total. The SMILES string of the molecule is O=CN1CCCC(O)C1. The lowest BCUT2D eigenvalue weighted by Crippen LogP contribution is -2.36. The maximum Gasteiger partial charge on any atom is 0.209 e. The minimum Gasteiger partial charge on any atom is -0.391 e. The summed E-state index contributed by atoms with van der Waals surface area (Å²) in [5, 5.41) is 9.01. The van der Waals surface area contributed by atoms with Gasteiger partial charge in [-0.15, -0.1) is 0 Å². The number of amides is 1. The van der Waals surface area contributed by atoms with Crippen molar-refractivity contribution in [2.24, 2.45) is 0 Å². The van der Waals surface area contributed by atoms with Crippen molar-refractivity contribution in [3.63, 3.8) is 0 Å². The zero-order valence-corrected chi connectivity index (χ0v) is 5.29. The van der Waals surface area contributed by atoms with Gasteiger partial charge in [0.25, 0.3) is 0 Å². The maximum atomic E-state index is 10.1. The summed E-state index contributed by atoms with van der Waals surface area (Å²) in [6.45, 7) is 1.32. The first kappa shape index (κ1) is 6.55. The van der Waals surface area contributed by atoms with Crippen LogP contribution < -0.4 is 0 Å². The van der Waals surface area contributed by atoms with E-state index in [0.29, 0.717) is 6.54 Å². The Morgan fingerprint density at radius 2 is 2.44 bits per heavy atom. The van der Waals surface area contributed by atoms with Gasteiger partial charge in [-0.05, 0) is 12.8 Å². The molecule has 0 aromatic rings. The third-order valence-electron chi connectivity index (χ3n) is 1.58. The minimum absolute atomic E-state index is 0.288. The third-order valence-corrected chi connectivity index (χ3v) is 1.58. The Bertz CT molecular complexity index is 105. The number of β-amino-alcohol motifs (C(OH)–C–C–N with tert-alkyl or cyclic N) is 1. The topological polar surface area (TPSA) is 40.5 Å². The number of carbonyl (C=O) groups excluding carboxylic acids is 1. The minimum atomic E-state index is -0.288. The van der Waals surface area contributed by atoms with Crippen LogP contribution in [0.3, 0.4) is 0 Å². The molecule has 0 spiro atoms. The van der Waals surface area contributed by atoms with E-state index in [1.165, 1.54) is 0 Å². The molecular formula is C6H11NO2. The van der Waals surface area contributed by atoms with Crippen molar-refractivity contribution in [2.75, 3.05) is 13.1 Å². The molecular weight excluding hydrogens is 118 g/mol. The Kier molecular flexibility index (Phi) is 2.05. The van der Waals surface area contributed by atoms with E-state index in [-0.39, 0.29) is 6.10 Å². The van der Waals surface area contributed by atoms with Gasteiger partial charge in [0.05, 0.1) is 6.10 Å². The molecule has 1 aliphatic rings. The zero-order valence-electron chi connectivity index (χ0n) is 5.29. The molecule has 1 heterocycles. The quantitative estimate of drug-likeness (QED) is 0.489. The molecule has 1 amide bonds. The van der Waals surface area contributed by atoms with Crippen molar-refractivity contribution in [3.8, 4) is 0 Å². The number of aliphatic hydroxyl groups excluding tert-OH is 1. The van der Waals surface area contributed by atoms with Crippen molar-refractivity contribution in [3.05, 3.63) is 0 Å². The van der Waals surface area contributed by atoms with E-state index in [4.69, 9.17) is 5.11 Å². The molecule has 1 aliphatic heterocycles. The molecule has 1 rings (SSSR count). The van der Waals surface area contributed by atoms with Gasteiger partial charge in [-0.25, -0.2) is 0 Å². The second-order valence-electron chi connectivity index (χ2n) is 2.40. The van der Waals surface area contributed by atoms with Gasteiger partial charge < -0.3 is 10.0 Å². The summed E-state index contributed by atoms with van der Waals surface area (Å²) in [5.41, 5.74) is 0. The highest BCUT2D eigenvalue weighted by atomic mass is 16.3. The molecule has 0 aromatic carbocycles. The van der Waals surface area contributed by atoms with Gasteiger partial charge in [-0.2, -0.15) is 0 Å². The van der Waals surface area contributed by atoms with E-state index >= 15 is 0 Å². The molecule has 3 heteroatoms. The predicted octanol–water partition coefficient (Wildman–Crippen LogP) is -0.401. The number of rotatable bonds is 1. The van der Waals surface area contributed by atoms with Gasteiger partial charge in [-0.3, -0.25) is 4.79 Å². The molecule has 0 aromatic heterocycles. The molecule has 1 saturated heterocycles. The third kappa shape index (κ3) is 1.68. The first-order chi connectivity index (χ1) is 4.33. The number of piperidine rings is 1. The Morgan fingerprint density at radius 1 is 1.67 bits per heavy atom. The van der Waals surface area contributed by atoms with Gasteiger partial charge in [0.1, 0.15) is 0 Å². The van der Waals surface area contributed by atoms with Gasteiger partial charge in [0.15, 0.2) is 0 Å². The summed E-state index contributed by atoms with van der Waals surface area (Å²) in [7, 11) is 0. The average molecular weight is 129 g/mol. The second-order valence-corrected chi connectivity index (χ2v) is 2.40. The van der Waals surface area contributed by atoms with Crippen LogP contribution in [-0.4, -0.2) is 35.6 Å². The van der Waals surface area contributed by atoms with Crippen LogP contribution in [0.5, 0.6) is 0 Å². The van der Waals surface area contributed by atoms with Crippen LogP contribution in [-0.2, 0) is 4.79 Å². The molecule has 52 valence electrons. The van der Waals surface area contributed by atoms with Gasteiger partial charge in [-0.1, -0.05) is 0 Å². The fourth-order valence-electron chi connectivity index (χ4n) is 1.08. The van der Waals surface area contributed by atoms with Crippen molar-refractivity contribution >= 4 is 6.41 Å². The summed E-state index contributed by atoms with van der Waals surface area (Å²) >= 11 is 0. The lowest BCUT2D eigenvalue weighted by molar-refractivity contribution is -0.120. The fourth-order valence-corrected chi connectivity index (χ4v) is 1.08. The Labute approximate surface area is 54.3 Å². The van der Waals surface area contributed by atoms with E-state index in [1.807, 2.05) is 0 Å². The van der Waals surface area contributed by atoms with E-state index in [1.54, 1.807) is 4.90 Å². The van der Waals surface area contributed by atoms with E-state index < -0.39 is 0 Å². The first-order valence-corrected chi connectivity index (χ1v) is 3.20. The van der Waals surface area contributed by atoms with E-state index in [2.05, 4.69) is 0 Å². The lowest BCUT2D eigenvalue weighted by Gasteiger charge is -2.26. The molecule has 0 radical (unpaired) electrons. The monoisotopic (exact) mass is 129 g/mol. The normalized spacial score (nSPS) is 28.1. The molecule has 1 fully saturated rings. The van der Waals surface area contributed by atoms with Crippen molar-refractivity contribution in [1.29, 1.82) is 0 Å². The van der Waals surface area contributed by atoms with Crippen LogP contribution in [0.2, 0.25) is 0 Å². The van der Waals surface area contributed by atoms with E-state index in [0.717, 1.165) is 25.8 Å². The van der Waals surface area contributed by atoms with Gasteiger partial charge >= 0.3 is 0 Å². The molecule has 0 bridgehead atoms. The van der Waals surface area contributed by atoms with Crippen LogP contribution in [0.25, 0.3) is 0 Å². The standard InChI is InChI=1S/C6H11NO2/c8-5-7-3-1-2-6(9)4-7/h5-6,9H,1-4H2. The average Bonchev–Trinajstić information content (AvgIpc) is 1.88. The number of aliphatic hydroxyl groups is 1. The van der Waals surface area contributed by atoms with Crippen LogP contribution in [0, 0.1) is 0 Å². The number of carbonyl (C=O) groups is 1. The highest BCUT2D eigenvalue weighted by molar-refractivity contribution is 5.47. The van der Waals surface area contributed by atoms with E-state index in [9.17, 15) is 4.79 Å². The fraction of sp³-hybridized carbons (Fsp3) is 0.833. The number of nitrogens with zero attached hydrogens (tertiary/aromatic N) is 1. The highest BCUT2D eigenvalue weighted by Crippen LogP contribution is 2.06. The second kappa shape index (κ2) is 2.82. The number of likely N-dealkylation sites (tertiary alicyclic amines) is 1. The number of hydrogen-bond acceptors (Lipinski definition) is 2. The largest absolute Gasteiger partial charge is 0.391 e. The van der Waals surface area contributed by atoms with Crippen LogP contribution in [0.15, 0.2) is 0 Å². The Hall–Kier alpha value is -0.570. The maximum absolute atomic E-state index is 10.1. The van der Waals surface area contributed by atoms with Crippen LogP contribution in [0.1, 0.15) is 12.8 Å². The predicted molar refractivity (Wildman–Crippen MR) is 32.9 cm³/mol. The summed E-state index contributed by atoms with van der Waals surface area (Å²) in [6.07, 6.45) is 2.27. The Balaban J connectivity index is 2.31. The van der Waals surface area contributed by atoms with Crippen LogP contribution >= 0.6 is 0 Å². The molecule has 9 heavy (non-hydrogen) atoms. The Morgan fingerprint density at radius 3 is 2.89 bits per heavy atom. The lowest BCUT2D eigenvalue weighted by atomic mass is 10.1. The van der Waals surface area contributed by atoms with Crippen molar-refractivity contribution in [2.45, 2.75) is 18.9 Å². The molecule has 1 atom stereocenters. The molecule has 1 unspecified atom stereocenters. The summed E-state index contributed by atoms with van der Waals surface area (Å²) in [5.74, 6) is 0. The van der Waals surface area contributed by atoms with Crippen molar-refractivity contribution in [1.82, 2.24) is 4.90 Å². The number of hydrogen-bond donors (Lipinski definition) is 1. The zero-order chi connectivity index (χ0) is 6.69. The summed E-state index contributed by atoms with van der Waals surface area (Å²) in [6, 6.07) is 0. The smallest absolute Gasteiger partial charge is 0.209 e. The summed E-state index contributed by atoms with van der Waals surface area (Å²) < 4.78 is 0. The molecule has 1 N–H and O–H groups in total. The van der Waals surface area contributed by atoms with Crippen molar-refractivity contribution < 1.29 is 9.90 Å². The molecule has 0 saturated carbocycles. The van der Waals surface area contributed by atoms with Gasteiger partial charge in [0, 0.05) is 13.1 Å². The molecule has 0 aliphatic carbocycles. The summed E-state index contributed by atoms with van der Waals surface area (Å²) in [4.78, 5) is 11.7.